The smallest absolute Gasteiger partial charge is 0.125 e. The van der Waals surface area contributed by atoms with E-state index in [9.17, 15) is 5.11 Å². The maximum atomic E-state index is 10.4. The Labute approximate surface area is 131 Å². The van der Waals surface area contributed by atoms with E-state index in [4.69, 9.17) is 11.6 Å². The molecule has 0 aliphatic carbocycles. The van der Waals surface area contributed by atoms with Crippen LogP contribution >= 0.6 is 11.6 Å². The highest BCUT2D eigenvalue weighted by Gasteiger charge is 2.36. The second-order valence-corrected chi connectivity index (χ2v) is 7.27. The first-order valence-corrected chi connectivity index (χ1v) is 7.97. The molecule has 0 saturated carbocycles. The number of rotatable bonds is 1. The van der Waals surface area contributed by atoms with E-state index >= 15 is 0 Å². The van der Waals surface area contributed by atoms with Crippen LogP contribution in [0.4, 0.5) is 5.69 Å². The first kappa shape index (κ1) is 14.5. The van der Waals surface area contributed by atoms with Gasteiger partial charge in [0.25, 0.3) is 0 Å². The van der Waals surface area contributed by atoms with Gasteiger partial charge in [-0.05, 0) is 44.2 Å². The Kier molecular flexibility index (Phi) is 3.32. The van der Waals surface area contributed by atoms with Crippen LogP contribution in [0.3, 0.4) is 0 Å². The molecule has 3 heteroatoms. The van der Waals surface area contributed by atoms with E-state index in [-0.39, 0.29) is 5.54 Å². The molecule has 1 aliphatic heterocycles. The number of anilines is 1. The molecule has 0 aromatic heterocycles. The van der Waals surface area contributed by atoms with Crippen LogP contribution in [-0.2, 0) is 0 Å². The van der Waals surface area contributed by atoms with Crippen LogP contribution in [0.2, 0.25) is 0 Å². The number of nitrogens with zero attached hydrogens (tertiary/aromatic N) is 1. The summed E-state index contributed by atoms with van der Waals surface area (Å²) in [6, 6.07) is 8.00. The van der Waals surface area contributed by atoms with Gasteiger partial charge in [0.1, 0.15) is 5.75 Å². The van der Waals surface area contributed by atoms with Crippen molar-refractivity contribution in [3.8, 4) is 5.75 Å². The van der Waals surface area contributed by atoms with Gasteiger partial charge >= 0.3 is 0 Å². The molecule has 2 nitrogen and oxygen atoms in total. The molecular weight excluding hydrogens is 282 g/mol. The predicted octanol–water partition coefficient (Wildman–Crippen LogP) is 4.79. The Morgan fingerprint density at radius 3 is 2.67 bits per heavy atom. The highest BCUT2D eigenvalue weighted by molar-refractivity contribution is 6.19. The van der Waals surface area contributed by atoms with Gasteiger partial charge in [0.15, 0.2) is 0 Å². The molecule has 1 atom stereocenters. The Morgan fingerprint density at radius 2 is 2.05 bits per heavy atom. The van der Waals surface area contributed by atoms with Crippen LogP contribution in [-0.4, -0.2) is 23.1 Å². The number of hydrogen-bond acceptors (Lipinski definition) is 2. The molecule has 3 rings (SSSR count). The minimum Gasteiger partial charge on any atom is -0.507 e. The Morgan fingerprint density at radius 1 is 1.33 bits per heavy atom. The molecular formula is C18H22ClNO. The minimum absolute atomic E-state index is 0.0123. The van der Waals surface area contributed by atoms with Gasteiger partial charge in [-0.3, -0.25) is 0 Å². The van der Waals surface area contributed by atoms with Gasteiger partial charge in [-0.2, -0.15) is 0 Å². The highest BCUT2D eigenvalue weighted by Crippen LogP contribution is 2.48. The average Bonchev–Trinajstić information content (AvgIpc) is 2.77. The highest BCUT2D eigenvalue weighted by atomic mass is 35.5. The second kappa shape index (κ2) is 4.81. The zero-order valence-corrected chi connectivity index (χ0v) is 13.8. The fourth-order valence-corrected chi connectivity index (χ4v) is 3.71. The Hall–Kier alpha value is -1.41. The zero-order valence-electron chi connectivity index (χ0n) is 13.1. The van der Waals surface area contributed by atoms with Crippen LogP contribution in [0, 0.1) is 6.92 Å². The van der Waals surface area contributed by atoms with Crippen LogP contribution < -0.4 is 4.90 Å². The summed E-state index contributed by atoms with van der Waals surface area (Å²) < 4.78 is 0. The molecule has 1 heterocycles. The van der Waals surface area contributed by atoms with Crippen molar-refractivity contribution in [3.05, 3.63) is 35.4 Å². The van der Waals surface area contributed by atoms with Gasteiger partial charge in [0.2, 0.25) is 0 Å². The number of phenols is 1. The number of aryl methyl sites for hydroxylation is 1. The fourth-order valence-electron chi connectivity index (χ4n) is 3.46. The van der Waals surface area contributed by atoms with Crippen LogP contribution in [0.1, 0.15) is 37.8 Å². The third kappa shape index (κ3) is 2.17. The summed E-state index contributed by atoms with van der Waals surface area (Å²) in [6.07, 6.45) is 0. The molecule has 0 amide bonds. The van der Waals surface area contributed by atoms with Gasteiger partial charge < -0.3 is 10.0 Å². The fraction of sp³-hybridized carbons (Fsp3) is 0.444. The molecule has 1 N–H and O–H groups in total. The van der Waals surface area contributed by atoms with E-state index in [0.29, 0.717) is 17.5 Å². The molecule has 1 aliphatic rings. The zero-order chi connectivity index (χ0) is 15.4. The third-order valence-electron chi connectivity index (χ3n) is 4.47. The molecule has 0 saturated heterocycles. The molecule has 112 valence electrons. The summed E-state index contributed by atoms with van der Waals surface area (Å²) in [5.41, 5.74) is 3.64. The number of alkyl halides is 1. The van der Waals surface area contributed by atoms with E-state index in [1.807, 2.05) is 18.2 Å². The van der Waals surface area contributed by atoms with Crippen molar-refractivity contribution in [2.45, 2.75) is 39.2 Å². The van der Waals surface area contributed by atoms with Crippen molar-refractivity contribution in [1.29, 1.82) is 0 Å². The Bertz CT molecular complexity index is 702. The minimum atomic E-state index is 0.0123. The second-order valence-electron chi connectivity index (χ2n) is 6.96. The van der Waals surface area contributed by atoms with Crippen molar-refractivity contribution >= 4 is 28.1 Å². The van der Waals surface area contributed by atoms with Crippen molar-refractivity contribution in [3.63, 3.8) is 0 Å². The first-order valence-electron chi connectivity index (χ1n) is 7.43. The van der Waals surface area contributed by atoms with Crippen molar-refractivity contribution < 1.29 is 5.11 Å². The lowest BCUT2D eigenvalue weighted by molar-refractivity contribution is 0.479. The normalized spacial score (nSPS) is 18.3. The molecule has 0 bridgehead atoms. The molecule has 0 fully saturated rings. The van der Waals surface area contributed by atoms with Crippen molar-refractivity contribution in [2.75, 3.05) is 17.3 Å². The number of aromatic hydroxyl groups is 1. The summed E-state index contributed by atoms with van der Waals surface area (Å²) in [5.74, 6) is 1.27. The summed E-state index contributed by atoms with van der Waals surface area (Å²) in [6.45, 7) is 9.62. The van der Waals surface area contributed by atoms with Gasteiger partial charge in [0, 0.05) is 41.0 Å². The SMILES string of the molecule is Cc1cccc2c(O)cc3c(c12)C(CCl)CN3C(C)(C)C. The lowest BCUT2D eigenvalue weighted by Gasteiger charge is -2.35. The number of hydrogen-bond donors (Lipinski definition) is 1. The van der Waals surface area contributed by atoms with Gasteiger partial charge in [-0.15, -0.1) is 11.6 Å². The maximum Gasteiger partial charge on any atom is 0.125 e. The average molecular weight is 304 g/mol. The summed E-state index contributed by atoms with van der Waals surface area (Å²) in [7, 11) is 0. The van der Waals surface area contributed by atoms with E-state index in [2.05, 4.69) is 38.7 Å². The van der Waals surface area contributed by atoms with Crippen LogP contribution in [0.5, 0.6) is 5.75 Å². The summed E-state index contributed by atoms with van der Waals surface area (Å²) in [4.78, 5) is 2.36. The predicted molar refractivity (Wildman–Crippen MR) is 90.9 cm³/mol. The molecule has 21 heavy (non-hydrogen) atoms. The summed E-state index contributed by atoms with van der Waals surface area (Å²) >= 11 is 6.25. The standard InChI is InChI=1S/C18H22ClNO/c1-11-6-5-7-13-15(21)8-14-17(16(11)13)12(9-19)10-20(14)18(2,3)4/h5-8,12,21H,9-10H2,1-4H3. The quantitative estimate of drug-likeness (QED) is 0.765. The molecule has 2 aromatic rings. The van der Waals surface area contributed by atoms with Crippen LogP contribution in [0.15, 0.2) is 24.3 Å². The lowest BCUT2D eigenvalue weighted by atomic mass is 9.92. The lowest BCUT2D eigenvalue weighted by Crippen LogP contribution is -2.40. The van der Waals surface area contributed by atoms with Gasteiger partial charge in [0.05, 0.1) is 0 Å². The molecule has 2 aromatic carbocycles. The molecule has 0 spiro atoms. The van der Waals surface area contributed by atoms with Crippen molar-refractivity contribution in [1.82, 2.24) is 0 Å². The first-order chi connectivity index (χ1) is 9.84. The number of benzene rings is 2. The van der Waals surface area contributed by atoms with Gasteiger partial charge in [-0.1, -0.05) is 18.2 Å². The topological polar surface area (TPSA) is 23.5 Å². The number of phenolic OH excluding ortho intramolecular Hbond substituents is 1. The third-order valence-corrected chi connectivity index (χ3v) is 4.84. The number of fused-ring (bicyclic) bond motifs is 3. The van der Waals surface area contributed by atoms with Crippen molar-refractivity contribution in [2.24, 2.45) is 0 Å². The van der Waals surface area contributed by atoms with E-state index in [0.717, 1.165) is 17.6 Å². The molecule has 0 radical (unpaired) electrons. The maximum absolute atomic E-state index is 10.4. The van der Waals surface area contributed by atoms with Gasteiger partial charge in [-0.25, -0.2) is 0 Å². The largest absolute Gasteiger partial charge is 0.507 e. The summed E-state index contributed by atoms with van der Waals surface area (Å²) in [5, 5.41) is 12.5. The van der Waals surface area contributed by atoms with E-state index in [1.165, 1.54) is 16.5 Å². The van der Waals surface area contributed by atoms with Crippen LogP contribution in [0.25, 0.3) is 10.8 Å². The van der Waals surface area contributed by atoms with E-state index in [1.54, 1.807) is 0 Å². The Balaban J connectivity index is 2.37. The number of halogens is 1. The monoisotopic (exact) mass is 303 g/mol. The molecule has 1 unspecified atom stereocenters. The van der Waals surface area contributed by atoms with E-state index < -0.39 is 0 Å².